The number of carbonyl (C=O) groups excluding carboxylic acids is 1. The van der Waals surface area contributed by atoms with Crippen molar-refractivity contribution in [2.45, 2.75) is 52.9 Å². The molecule has 0 heterocycles. The van der Waals surface area contributed by atoms with Crippen LogP contribution in [0.2, 0.25) is 0 Å². The second-order valence-corrected chi connectivity index (χ2v) is 9.36. The van der Waals surface area contributed by atoms with Gasteiger partial charge in [-0.1, -0.05) is 39.3 Å². The molecule has 3 atom stereocenters. The van der Waals surface area contributed by atoms with Crippen LogP contribution >= 0.6 is 0 Å². The molecule has 2 saturated carbocycles. The van der Waals surface area contributed by atoms with E-state index in [4.69, 9.17) is 4.74 Å². The zero-order valence-electron chi connectivity index (χ0n) is 17.2. The molecule has 4 nitrogen and oxygen atoms in total. The largest absolute Gasteiger partial charge is 0.508 e. The van der Waals surface area contributed by atoms with E-state index in [1.165, 1.54) is 49.1 Å². The summed E-state index contributed by atoms with van der Waals surface area (Å²) in [5.74, 6) is 0.273. The summed E-state index contributed by atoms with van der Waals surface area (Å²) >= 11 is 0. The van der Waals surface area contributed by atoms with Crippen molar-refractivity contribution in [3.05, 3.63) is 42.0 Å². The number of esters is 1. The summed E-state index contributed by atoms with van der Waals surface area (Å²) in [7, 11) is 0. The van der Waals surface area contributed by atoms with Crippen LogP contribution in [0.1, 0.15) is 58.4 Å². The lowest BCUT2D eigenvalue weighted by atomic mass is 9.48. The lowest BCUT2D eigenvalue weighted by Crippen LogP contribution is -2.50. The molecule has 3 rings (SSSR count). The Morgan fingerprint density at radius 3 is 2.75 bits per heavy atom. The predicted octanol–water partition coefficient (Wildman–Crippen LogP) is 5.45. The summed E-state index contributed by atoms with van der Waals surface area (Å²) in [6.45, 7) is 11.8. The number of carbonyl (C=O) groups is 1. The molecule has 28 heavy (non-hydrogen) atoms. The van der Waals surface area contributed by atoms with E-state index < -0.39 is 5.97 Å². The van der Waals surface area contributed by atoms with Gasteiger partial charge in [0.25, 0.3) is 0 Å². The summed E-state index contributed by atoms with van der Waals surface area (Å²) in [6, 6.07) is 4.25. The van der Waals surface area contributed by atoms with E-state index in [0.717, 1.165) is 12.8 Å². The van der Waals surface area contributed by atoms with Crippen LogP contribution in [0.3, 0.4) is 0 Å². The Hall–Kier alpha value is -2.23. The lowest BCUT2D eigenvalue weighted by Gasteiger charge is -2.57. The Morgan fingerprint density at radius 1 is 1.29 bits per heavy atom. The number of hydrogen-bond acceptors (Lipinski definition) is 4. The predicted molar refractivity (Wildman–Crippen MR) is 111 cm³/mol. The van der Waals surface area contributed by atoms with E-state index in [-0.39, 0.29) is 22.8 Å². The number of rotatable bonds is 4. The highest BCUT2D eigenvalue weighted by molar-refractivity contribution is 5.87. The van der Waals surface area contributed by atoms with Gasteiger partial charge < -0.3 is 14.9 Å². The minimum atomic E-state index is -0.430. The average Bonchev–Trinajstić information content (AvgIpc) is 2.59. The SMILES string of the molecule is C=C1CCC2C(C)(C)CCCC2(C)C1COC(=O)C=Cc1ccc(O)cc1O. The summed E-state index contributed by atoms with van der Waals surface area (Å²) in [4.78, 5) is 12.3. The van der Waals surface area contributed by atoms with Gasteiger partial charge in [-0.15, -0.1) is 0 Å². The van der Waals surface area contributed by atoms with Crippen molar-refractivity contribution in [3.63, 3.8) is 0 Å². The van der Waals surface area contributed by atoms with E-state index >= 15 is 0 Å². The Balaban J connectivity index is 1.67. The molecule has 4 heteroatoms. The molecule has 0 spiro atoms. The summed E-state index contributed by atoms with van der Waals surface area (Å²) in [5.41, 5.74) is 2.09. The van der Waals surface area contributed by atoms with Crippen molar-refractivity contribution in [1.29, 1.82) is 0 Å². The van der Waals surface area contributed by atoms with Gasteiger partial charge in [0, 0.05) is 23.6 Å². The van der Waals surface area contributed by atoms with Crippen LogP contribution < -0.4 is 0 Å². The smallest absolute Gasteiger partial charge is 0.330 e. The average molecular weight is 385 g/mol. The third-order valence-electron chi connectivity index (χ3n) is 7.12. The van der Waals surface area contributed by atoms with Gasteiger partial charge in [0.2, 0.25) is 0 Å². The van der Waals surface area contributed by atoms with E-state index in [1.807, 2.05) is 0 Å². The minimum Gasteiger partial charge on any atom is -0.508 e. The molecule has 2 N–H and O–H groups in total. The van der Waals surface area contributed by atoms with E-state index in [2.05, 4.69) is 27.4 Å². The number of phenolic OH excluding ortho intramolecular Hbond substituents is 2. The zero-order valence-corrected chi connectivity index (χ0v) is 17.2. The molecule has 2 aliphatic rings. The van der Waals surface area contributed by atoms with Gasteiger partial charge in [-0.3, -0.25) is 0 Å². The Kier molecular flexibility index (Phi) is 5.60. The molecule has 0 amide bonds. The van der Waals surface area contributed by atoms with E-state index in [0.29, 0.717) is 23.5 Å². The standard InChI is InChI=1S/C24H32O4/c1-16-6-10-21-23(2,3)12-5-13-24(21,4)19(16)15-28-22(27)11-8-17-7-9-18(25)14-20(17)26/h7-9,11,14,19,21,25-26H,1,5-6,10,12-13,15H2,2-4H3. The zero-order chi connectivity index (χ0) is 20.5. The van der Waals surface area contributed by atoms with Gasteiger partial charge in [-0.25, -0.2) is 4.79 Å². The monoisotopic (exact) mass is 384 g/mol. The highest BCUT2D eigenvalue weighted by Gasteiger charge is 2.53. The number of fused-ring (bicyclic) bond motifs is 1. The van der Waals surface area contributed by atoms with Crippen molar-refractivity contribution in [1.82, 2.24) is 0 Å². The maximum Gasteiger partial charge on any atom is 0.330 e. The fraction of sp³-hybridized carbons (Fsp3) is 0.542. The molecule has 152 valence electrons. The van der Waals surface area contributed by atoms with Gasteiger partial charge in [0.05, 0.1) is 6.61 Å². The Morgan fingerprint density at radius 2 is 2.04 bits per heavy atom. The molecular weight excluding hydrogens is 352 g/mol. The topological polar surface area (TPSA) is 66.8 Å². The molecule has 0 aliphatic heterocycles. The number of benzene rings is 1. The van der Waals surface area contributed by atoms with Gasteiger partial charge >= 0.3 is 5.97 Å². The fourth-order valence-corrected chi connectivity index (χ4v) is 5.63. The second kappa shape index (κ2) is 7.65. The second-order valence-electron chi connectivity index (χ2n) is 9.36. The summed E-state index contributed by atoms with van der Waals surface area (Å²) < 4.78 is 5.60. The normalized spacial score (nSPS) is 29.5. The fourth-order valence-electron chi connectivity index (χ4n) is 5.63. The number of ether oxygens (including phenoxy) is 1. The molecule has 0 saturated heterocycles. The van der Waals surface area contributed by atoms with Crippen molar-refractivity contribution in [2.75, 3.05) is 6.61 Å². The molecule has 0 bridgehead atoms. The summed E-state index contributed by atoms with van der Waals surface area (Å²) in [5, 5.41) is 19.2. The van der Waals surface area contributed by atoms with Crippen LogP contribution in [0, 0.1) is 22.7 Å². The molecule has 1 aromatic carbocycles. The molecule has 1 aromatic rings. The molecular formula is C24H32O4. The number of phenols is 2. The summed E-state index contributed by atoms with van der Waals surface area (Å²) in [6.07, 6.45) is 8.61. The first-order valence-corrected chi connectivity index (χ1v) is 10.2. The highest BCUT2D eigenvalue weighted by Crippen LogP contribution is 2.60. The van der Waals surface area contributed by atoms with E-state index in [9.17, 15) is 15.0 Å². The van der Waals surface area contributed by atoms with Crippen LogP contribution in [0.5, 0.6) is 11.5 Å². The van der Waals surface area contributed by atoms with Crippen LogP contribution in [0.15, 0.2) is 36.4 Å². The first-order chi connectivity index (χ1) is 13.1. The number of aromatic hydroxyl groups is 2. The molecule has 0 radical (unpaired) electrons. The van der Waals surface area contributed by atoms with Crippen LogP contribution in [-0.2, 0) is 9.53 Å². The number of hydrogen-bond donors (Lipinski definition) is 2. The third kappa shape index (κ3) is 3.96. The Bertz CT molecular complexity index is 792. The maximum absolute atomic E-state index is 12.3. The molecule has 2 aliphatic carbocycles. The quantitative estimate of drug-likeness (QED) is 0.411. The maximum atomic E-state index is 12.3. The van der Waals surface area contributed by atoms with Crippen LogP contribution in [0.25, 0.3) is 6.08 Å². The van der Waals surface area contributed by atoms with Crippen molar-refractivity contribution >= 4 is 12.0 Å². The van der Waals surface area contributed by atoms with Gasteiger partial charge in [-0.05, 0) is 60.6 Å². The van der Waals surface area contributed by atoms with Gasteiger partial charge in [0.1, 0.15) is 11.5 Å². The highest BCUT2D eigenvalue weighted by atomic mass is 16.5. The van der Waals surface area contributed by atoms with E-state index in [1.54, 1.807) is 6.07 Å². The van der Waals surface area contributed by atoms with Gasteiger partial charge in [0.15, 0.2) is 0 Å². The minimum absolute atomic E-state index is 0.0220. The Labute approximate surface area is 167 Å². The van der Waals surface area contributed by atoms with Crippen molar-refractivity contribution < 1.29 is 19.7 Å². The lowest BCUT2D eigenvalue weighted by molar-refractivity contribution is -0.143. The van der Waals surface area contributed by atoms with Crippen LogP contribution in [-0.4, -0.2) is 22.8 Å². The van der Waals surface area contributed by atoms with Gasteiger partial charge in [-0.2, -0.15) is 0 Å². The third-order valence-corrected chi connectivity index (χ3v) is 7.12. The van der Waals surface area contributed by atoms with Crippen molar-refractivity contribution in [3.8, 4) is 11.5 Å². The first kappa shape index (κ1) is 20.5. The molecule has 0 aromatic heterocycles. The molecule has 2 fully saturated rings. The van der Waals surface area contributed by atoms with Crippen LogP contribution in [0.4, 0.5) is 0 Å². The van der Waals surface area contributed by atoms with Crippen molar-refractivity contribution in [2.24, 2.45) is 22.7 Å². The first-order valence-electron chi connectivity index (χ1n) is 10.2. The molecule has 3 unspecified atom stereocenters.